The van der Waals surface area contributed by atoms with E-state index in [-0.39, 0.29) is 5.56 Å². The molecule has 0 atom stereocenters. The molecule has 162 valence electrons. The van der Waals surface area contributed by atoms with Gasteiger partial charge in [-0.1, -0.05) is 115 Å². The predicted molar refractivity (Wildman–Crippen MR) is 142 cm³/mol. The fourth-order valence-electron chi connectivity index (χ4n) is 4.98. The summed E-state index contributed by atoms with van der Waals surface area (Å²) in [7, 11) is 0. The van der Waals surface area contributed by atoms with Gasteiger partial charge in [-0.15, -0.1) is 0 Å². The molecule has 2 nitrogen and oxygen atoms in total. The number of nitrogens with zero attached hydrogens (tertiary/aromatic N) is 1. The minimum Gasteiger partial charge on any atom is -0.275 e. The van der Waals surface area contributed by atoms with Crippen LogP contribution >= 0.6 is 0 Å². The summed E-state index contributed by atoms with van der Waals surface area (Å²) in [5, 5.41) is 2.20. The van der Waals surface area contributed by atoms with E-state index in [4.69, 9.17) is 0 Å². The summed E-state index contributed by atoms with van der Waals surface area (Å²) < 4.78 is 1.94. The molecule has 0 N–H and O–H groups in total. The average molecular weight is 438 g/mol. The number of benzene rings is 4. The Morgan fingerprint density at radius 2 is 1.06 bits per heavy atom. The van der Waals surface area contributed by atoms with Gasteiger partial charge < -0.3 is 0 Å². The van der Waals surface area contributed by atoms with Crippen LogP contribution in [0.25, 0.3) is 49.8 Å². The van der Waals surface area contributed by atoms with E-state index in [0.717, 1.165) is 55.4 Å². The minimum absolute atomic E-state index is 0.0106. The van der Waals surface area contributed by atoms with Gasteiger partial charge >= 0.3 is 0 Å². The molecule has 2 heterocycles. The standard InChI is InChI=1S/C32H23NO/c1-22-21-28(23-13-5-2-6-14-23)31-27-20-12-11-19-26(27)29(24-15-7-3-8-16-24)30(33(31)32(22)34)25-17-9-4-10-18-25/h2-21H,1H3. The van der Waals surface area contributed by atoms with E-state index in [0.29, 0.717) is 0 Å². The molecule has 0 bridgehead atoms. The Kier molecular flexibility index (Phi) is 4.85. The molecule has 2 heteroatoms. The van der Waals surface area contributed by atoms with Gasteiger partial charge in [-0.05, 0) is 35.1 Å². The second-order valence-electron chi connectivity index (χ2n) is 8.60. The van der Waals surface area contributed by atoms with Crippen molar-refractivity contribution in [2.75, 3.05) is 0 Å². The number of fused-ring (bicyclic) bond motifs is 3. The van der Waals surface area contributed by atoms with E-state index in [9.17, 15) is 4.79 Å². The lowest BCUT2D eigenvalue weighted by Crippen LogP contribution is -2.20. The van der Waals surface area contributed by atoms with Crippen LogP contribution in [0.2, 0.25) is 0 Å². The van der Waals surface area contributed by atoms with Gasteiger partial charge in [0.05, 0.1) is 11.2 Å². The lowest BCUT2D eigenvalue weighted by Gasteiger charge is -2.21. The normalized spacial score (nSPS) is 11.2. The second kappa shape index (κ2) is 8.17. The third-order valence-corrected chi connectivity index (χ3v) is 6.49. The summed E-state index contributed by atoms with van der Waals surface area (Å²) in [6.45, 7) is 1.91. The van der Waals surface area contributed by atoms with E-state index >= 15 is 0 Å². The van der Waals surface area contributed by atoms with Gasteiger partial charge in [0.15, 0.2) is 0 Å². The quantitative estimate of drug-likeness (QED) is 0.259. The summed E-state index contributed by atoms with van der Waals surface area (Å²) in [6.07, 6.45) is 0. The highest BCUT2D eigenvalue weighted by Gasteiger charge is 2.21. The van der Waals surface area contributed by atoms with Crippen LogP contribution in [0.5, 0.6) is 0 Å². The molecule has 0 aliphatic heterocycles. The molecule has 34 heavy (non-hydrogen) atoms. The number of aromatic nitrogens is 1. The van der Waals surface area contributed by atoms with E-state index in [1.807, 2.05) is 59.9 Å². The Bertz CT molecular complexity index is 1700. The van der Waals surface area contributed by atoms with Crippen molar-refractivity contribution >= 4 is 16.3 Å². The Hall–Kier alpha value is -4.43. The van der Waals surface area contributed by atoms with Crippen molar-refractivity contribution < 1.29 is 0 Å². The lowest BCUT2D eigenvalue weighted by molar-refractivity contribution is 1.08. The molecule has 0 aliphatic rings. The summed E-state index contributed by atoms with van der Waals surface area (Å²) in [5.74, 6) is 0. The zero-order chi connectivity index (χ0) is 23.1. The van der Waals surface area contributed by atoms with Gasteiger partial charge in [0, 0.05) is 22.1 Å². The Morgan fingerprint density at radius 1 is 0.559 bits per heavy atom. The number of hydrogen-bond donors (Lipinski definition) is 0. The van der Waals surface area contributed by atoms with Gasteiger partial charge in [-0.25, -0.2) is 0 Å². The highest BCUT2D eigenvalue weighted by Crippen LogP contribution is 2.42. The van der Waals surface area contributed by atoms with E-state index < -0.39 is 0 Å². The minimum atomic E-state index is 0.0106. The van der Waals surface area contributed by atoms with Gasteiger partial charge in [0.25, 0.3) is 5.56 Å². The average Bonchev–Trinajstić information content (AvgIpc) is 2.91. The summed E-state index contributed by atoms with van der Waals surface area (Å²) >= 11 is 0. The van der Waals surface area contributed by atoms with Crippen molar-refractivity contribution in [1.29, 1.82) is 0 Å². The van der Waals surface area contributed by atoms with E-state index in [1.54, 1.807) is 0 Å². The molecular formula is C32H23NO. The molecule has 0 spiro atoms. The maximum Gasteiger partial charge on any atom is 0.258 e. The topological polar surface area (TPSA) is 21.5 Å². The van der Waals surface area contributed by atoms with Gasteiger partial charge in [-0.3, -0.25) is 9.20 Å². The largest absolute Gasteiger partial charge is 0.275 e. The van der Waals surface area contributed by atoms with Crippen LogP contribution in [0, 0.1) is 6.92 Å². The number of aryl methyl sites for hydroxylation is 1. The van der Waals surface area contributed by atoms with Crippen LogP contribution < -0.4 is 5.56 Å². The van der Waals surface area contributed by atoms with Crippen LogP contribution in [-0.4, -0.2) is 4.40 Å². The first-order valence-corrected chi connectivity index (χ1v) is 11.5. The first-order valence-electron chi connectivity index (χ1n) is 11.5. The van der Waals surface area contributed by atoms with Crippen LogP contribution in [0.1, 0.15) is 5.56 Å². The van der Waals surface area contributed by atoms with Gasteiger partial charge in [-0.2, -0.15) is 0 Å². The third kappa shape index (κ3) is 3.15. The number of hydrogen-bond acceptors (Lipinski definition) is 1. The van der Waals surface area contributed by atoms with Crippen LogP contribution in [0.4, 0.5) is 0 Å². The molecular weight excluding hydrogens is 414 g/mol. The van der Waals surface area contributed by atoms with Crippen molar-refractivity contribution in [2.45, 2.75) is 6.92 Å². The van der Waals surface area contributed by atoms with Crippen LogP contribution in [-0.2, 0) is 0 Å². The molecule has 6 aromatic rings. The zero-order valence-corrected chi connectivity index (χ0v) is 18.9. The van der Waals surface area contributed by atoms with E-state index in [2.05, 4.69) is 72.8 Å². The highest BCUT2D eigenvalue weighted by molar-refractivity contribution is 6.13. The first-order chi connectivity index (χ1) is 16.7. The van der Waals surface area contributed by atoms with Crippen LogP contribution in [0.15, 0.2) is 126 Å². The molecule has 0 fully saturated rings. The van der Waals surface area contributed by atoms with E-state index in [1.165, 1.54) is 0 Å². The molecule has 0 radical (unpaired) electrons. The van der Waals surface area contributed by atoms with Gasteiger partial charge in [0.2, 0.25) is 0 Å². The fourth-order valence-corrected chi connectivity index (χ4v) is 4.98. The molecule has 2 aromatic heterocycles. The lowest BCUT2D eigenvalue weighted by atomic mass is 9.90. The zero-order valence-electron chi connectivity index (χ0n) is 18.9. The highest BCUT2D eigenvalue weighted by atomic mass is 16.1. The molecule has 0 saturated heterocycles. The van der Waals surface area contributed by atoms with Crippen molar-refractivity contribution in [2.24, 2.45) is 0 Å². The summed E-state index contributed by atoms with van der Waals surface area (Å²) in [5.41, 5.74) is 7.94. The van der Waals surface area contributed by atoms with Crippen LogP contribution in [0.3, 0.4) is 0 Å². The van der Waals surface area contributed by atoms with Crippen molar-refractivity contribution in [3.05, 3.63) is 137 Å². The Balaban J connectivity index is 1.94. The molecule has 0 unspecified atom stereocenters. The molecule has 0 amide bonds. The fraction of sp³-hybridized carbons (Fsp3) is 0.0312. The van der Waals surface area contributed by atoms with Crippen molar-refractivity contribution in [1.82, 2.24) is 4.40 Å². The maximum absolute atomic E-state index is 13.9. The first kappa shape index (κ1) is 20.2. The van der Waals surface area contributed by atoms with Gasteiger partial charge in [0.1, 0.15) is 0 Å². The Morgan fingerprint density at radius 3 is 1.68 bits per heavy atom. The van der Waals surface area contributed by atoms with Crippen molar-refractivity contribution in [3.8, 4) is 33.5 Å². The molecule has 0 saturated carbocycles. The number of rotatable bonds is 3. The molecule has 6 rings (SSSR count). The summed E-state index contributed by atoms with van der Waals surface area (Å²) in [4.78, 5) is 13.9. The smallest absolute Gasteiger partial charge is 0.258 e. The summed E-state index contributed by atoms with van der Waals surface area (Å²) in [6, 6.07) is 41.4. The number of pyridine rings is 2. The molecule has 4 aromatic carbocycles. The maximum atomic E-state index is 13.9. The predicted octanol–water partition coefficient (Wildman–Crippen LogP) is 7.76. The second-order valence-corrected chi connectivity index (χ2v) is 8.60. The monoisotopic (exact) mass is 437 g/mol. The Labute approximate surface area is 198 Å². The third-order valence-electron chi connectivity index (χ3n) is 6.49. The van der Waals surface area contributed by atoms with Crippen molar-refractivity contribution in [3.63, 3.8) is 0 Å². The SMILES string of the molecule is Cc1cc(-c2ccccc2)c2c3ccccc3c(-c3ccccc3)c(-c3ccccc3)n2c1=O. The molecule has 0 aliphatic carbocycles.